The maximum Gasteiger partial charge on any atom is 0.248 e. The van der Waals surface area contributed by atoms with Crippen LogP contribution in [0.1, 0.15) is 20.8 Å². The highest BCUT2D eigenvalue weighted by Crippen LogP contribution is 2.29. The highest BCUT2D eigenvalue weighted by atomic mass is 16.1. The van der Waals surface area contributed by atoms with Gasteiger partial charge < -0.3 is 16.0 Å². The van der Waals surface area contributed by atoms with Crippen molar-refractivity contribution < 1.29 is 0 Å². The average Bonchev–Trinajstić information content (AvgIpc) is 3.08. The lowest BCUT2D eigenvalue weighted by Gasteiger charge is -2.20. The van der Waals surface area contributed by atoms with Gasteiger partial charge in [0.15, 0.2) is 5.82 Å². The lowest BCUT2D eigenvalue weighted by Crippen LogP contribution is -2.20. The van der Waals surface area contributed by atoms with E-state index in [1.54, 1.807) is 30.9 Å². The van der Waals surface area contributed by atoms with Gasteiger partial charge >= 0.3 is 0 Å². The second kappa shape index (κ2) is 7.05. The zero-order valence-corrected chi connectivity index (χ0v) is 16.6. The van der Waals surface area contributed by atoms with Crippen molar-refractivity contribution in [1.29, 1.82) is 0 Å². The van der Waals surface area contributed by atoms with Crippen LogP contribution in [-0.2, 0) is 0 Å². The molecule has 4 heterocycles. The molecule has 0 atom stereocenters. The van der Waals surface area contributed by atoms with E-state index in [0.29, 0.717) is 23.9 Å². The molecule has 4 aromatic heterocycles. The molecule has 0 amide bonds. The second-order valence-electron chi connectivity index (χ2n) is 8.15. The molecule has 0 bridgehead atoms. The maximum absolute atomic E-state index is 11.8. The third kappa shape index (κ3) is 3.96. The molecule has 0 unspecified atom stereocenters. The van der Waals surface area contributed by atoms with E-state index in [1.807, 2.05) is 16.5 Å². The Balaban J connectivity index is 1.84. The lowest BCUT2D eigenvalue weighted by atomic mass is 9.97. The number of pyridine rings is 2. The van der Waals surface area contributed by atoms with Gasteiger partial charge in [0.25, 0.3) is 0 Å². The molecule has 4 aromatic rings. The number of nitrogens with one attached hydrogen (secondary N) is 2. The molecule has 0 saturated carbocycles. The van der Waals surface area contributed by atoms with Crippen molar-refractivity contribution in [3.8, 4) is 22.6 Å². The number of nitrogens with two attached hydrogens (primary N) is 1. The summed E-state index contributed by atoms with van der Waals surface area (Å²) in [6, 6.07) is 7.02. The first-order valence-electron chi connectivity index (χ1n) is 9.33. The minimum Gasteiger partial charge on any atom is -0.398 e. The summed E-state index contributed by atoms with van der Waals surface area (Å²) >= 11 is 0. The van der Waals surface area contributed by atoms with Gasteiger partial charge in [-0.2, -0.15) is 0 Å². The van der Waals surface area contributed by atoms with E-state index < -0.39 is 0 Å². The number of H-pyrrole nitrogens is 1. The maximum atomic E-state index is 11.8. The van der Waals surface area contributed by atoms with E-state index in [2.05, 4.69) is 41.0 Å². The Labute approximate surface area is 167 Å². The summed E-state index contributed by atoms with van der Waals surface area (Å²) in [5.74, 6) is 1.18. The molecule has 0 aliphatic carbocycles. The molecule has 8 heteroatoms. The van der Waals surface area contributed by atoms with Crippen molar-refractivity contribution in [3.63, 3.8) is 0 Å². The Hall–Kier alpha value is -3.68. The quantitative estimate of drug-likeness (QED) is 0.494. The summed E-state index contributed by atoms with van der Waals surface area (Å²) in [4.78, 5) is 28.1. The Morgan fingerprint density at radius 1 is 1.17 bits per heavy atom. The van der Waals surface area contributed by atoms with Crippen LogP contribution in [0, 0.1) is 5.41 Å². The van der Waals surface area contributed by atoms with E-state index in [-0.39, 0.29) is 11.0 Å². The summed E-state index contributed by atoms with van der Waals surface area (Å²) in [5, 5.41) is 3.42. The molecule has 0 spiro atoms. The van der Waals surface area contributed by atoms with Crippen molar-refractivity contribution in [2.45, 2.75) is 20.8 Å². The fourth-order valence-electron chi connectivity index (χ4n) is 2.97. The normalized spacial score (nSPS) is 11.7. The second-order valence-corrected chi connectivity index (χ2v) is 8.15. The number of fused-ring (bicyclic) bond motifs is 1. The number of aromatic nitrogens is 5. The predicted octanol–water partition coefficient (Wildman–Crippen LogP) is 3.19. The molecule has 4 N–H and O–H groups in total. The van der Waals surface area contributed by atoms with E-state index >= 15 is 0 Å². The molecule has 0 aliphatic rings. The SMILES string of the molecule is CC(C)(C)CNc1nc(-c2cnc3ccc(N)cn23)ncc1-c1cc[nH]c(=O)c1. The highest BCUT2D eigenvalue weighted by molar-refractivity contribution is 5.76. The molecule has 8 nitrogen and oxygen atoms in total. The van der Waals surface area contributed by atoms with Crippen LogP contribution in [-0.4, -0.2) is 30.9 Å². The van der Waals surface area contributed by atoms with Crippen molar-refractivity contribution in [2.24, 2.45) is 5.41 Å². The highest BCUT2D eigenvalue weighted by Gasteiger charge is 2.17. The van der Waals surface area contributed by atoms with Gasteiger partial charge in [-0.3, -0.25) is 9.20 Å². The van der Waals surface area contributed by atoms with Gasteiger partial charge in [0.1, 0.15) is 17.2 Å². The van der Waals surface area contributed by atoms with Crippen LogP contribution < -0.4 is 16.6 Å². The Bertz CT molecular complexity index is 1230. The van der Waals surface area contributed by atoms with Gasteiger partial charge in [0.05, 0.1) is 6.20 Å². The minimum atomic E-state index is -0.175. The molecule has 0 saturated heterocycles. The first-order valence-corrected chi connectivity index (χ1v) is 9.33. The number of imidazole rings is 1. The summed E-state index contributed by atoms with van der Waals surface area (Å²) in [6.07, 6.45) is 6.87. The Kier molecular flexibility index (Phi) is 4.54. The van der Waals surface area contributed by atoms with Crippen LogP contribution in [0.2, 0.25) is 0 Å². The molecule has 0 fully saturated rings. The summed E-state index contributed by atoms with van der Waals surface area (Å²) in [5.41, 5.74) is 9.45. The lowest BCUT2D eigenvalue weighted by molar-refractivity contribution is 0.442. The molecule has 4 rings (SSSR count). The molecule has 0 aliphatic heterocycles. The standard InChI is InChI=1S/C21H23N7O/c1-21(2,3)12-26-19-15(13-6-7-23-18(29)8-13)9-25-20(27-19)16-10-24-17-5-4-14(22)11-28(16)17/h4-11H,12,22H2,1-3H3,(H,23,29)(H,25,26,27). The fraction of sp³-hybridized carbons (Fsp3) is 0.238. The van der Waals surface area contributed by atoms with Crippen molar-refractivity contribution >= 4 is 17.2 Å². The van der Waals surface area contributed by atoms with Gasteiger partial charge in [-0.15, -0.1) is 0 Å². The predicted molar refractivity (Wildman–Crippen MR) is 115 cm³/mol. The number of nitrogen functional groups attached to an aromatic ring is 1. The first-order chi connectivity index (χ1) is 13.8. The largest absolute Gasteiger partial charge is 0.398 e. The van der Waals surface area contributed by atoms with Crippen LogP contribution in [0.4, 0.5) is 11.5 Å². The number of nitrogens with zero attached hydrogens (tertiary/aromatic N) is 4. The third-order valence-corrected chi connectivity index (χ3v) is 4.42. The Morgan fingerprint density at radius 3 is 2.76 bits per heavy atom. The first kappa shape index (κ1) is 18.7. The monoisotopic (exact) mass is 389 g/mol. The van der Waals surface area contributed by atoms with Gasteiger partial charge in [0, 0.05) is 42.5 Å². The summed E-state index contributed by atoms with van der Waals surface area (Å²) in [6.45, 7) is 7.13. The zero-order chi connectivity index (χ0) is 20.6. The van der Waals surface area contributed by atoms with E-state index in [1.165, 1.54) is 6.07 Å². The number of hydrogen-bond acceptors (Lipinski definition) is 6. The molecular formula is C21H23N7O. The minimum absolute atomic E-state index is 0.0499. The fourth-order valence-corrected chi connectivity index (χ4v) is 2.97. The zero-order valence-electron chi connectivity index (χ0n) is 16.6. The molecule has 29 heavy (non-hydrogen) atoms. The number of anilines is 2. The smallest absolute Gasteiger partial charge is 0.248 e. The summed E-state index contributed by atoms with van der Waals surface area (Å²) < 4.78 is 1.87. The Morgan fingerprint density at radius 2 is 2.00 bits per heavy atom. The van der Waals surface area contributed by atoms with Crippen LogP contribution in [0.25, 0.3) is 28.3 Å². The molecule has 0 aromatic carbocycles. The van der Waals surface area contributed by atoms with Crippen LogP contribution in [0.5, 0.6) is 0 Å². The molecule has 148 valence electrons. The van der Waals surface area contributed by atoms with Crippen LogP contribution >= 0.6 is 0 Å². The number of rotatable bonds is 4. The summed E-state index contributed by atoms with van der Waals surface area (Å²) in [7, 11) is 0. The molecular weight excluding hydrogens is 366 g/mol. The van der Waals surface area contributed by atoms with E-state index in [0.717, 1.165) is 22.5 Å². The van der Waals surface area contributed by atoms with E-state index in [9.17, 15) is 4.79 Å². The van der Waals surface area contributed by atoms with Crippen molar-refractivity contribution in [3.05, 3.63) is 59.4 Å². The topological polar surface area (TPSA) is 114 Å². The van der Waals surface area contributed by atoms with Gasteiger partial charge in [-0.25, -0.2) is 15.0 Å². The van der Waals surface area contributed by atoms with Gasteiger partial charge in [0.2, 0.25) is 5.56 Å². The number of hydrogen-bond donors (Lipinski definition) is 3. The van der Waals surface area contributed by atoms with E-state index in [4.69, 9.17) is 10.7 Å². The average molecular weight is 389 g/mol. The third-order valence-electron chi connectivity index (χ3n) is 4.42. The molecule has 0 radical (unpaired) electrons. The van der Waals surface area contributed by atoms with Crippen molar-refractivity contribution in [2.75, 3.05) is 17.6 Å². The van der Waals surface area contributed by atoms with Gasteiger partial charge in [-0.1, -0.05) is 20.8 Å². The number of aromatic amines is 1. The van der Waals surface area contributed by atoms with Crippen LogP contribution in [0.3, 0.4) is 0 Å². The van der Waals surface area contributed by atoms with Crippen LogP contribution in [0.15, 0.2) is 53.8 Å². The van der Waals surface area contributed by atoms with Gasteiger partial charge in [-0.05, 0) is 29.2 Å². The van der Waals surface area contributed by atoms with Crippen molar-refractivity contribution in [1.82, 2.24) is 24.3 Å².